The molecule has 0 heterocycles. The van der Waals surface area contributed by atoms with Gasteiger partial charge in [0.25, 0.3) is 7.82 Å². The molecule has 480 valence electrons. The van der Waals surface area contributed by atoms with Crippen molar-refractivity contribution in [2.45, 2.75) is 379 Å². The highest BCUT2D eigenvalue weighted by molar-refractivity contribution is 7.45. The second-order valence-corrected chi connectivity index (χ2v) is 27.4. The summed E-state index contributed by atoms with van der Waals surface area (Å²) in [6.45, 7) is 4.77. The molecule has 81 heavy (non-hydrogen) atoms. The average molecular weight is 1160 g/mol. The first-order chi connectivity index (χ1) is 39.5. The van der Waals surface area contributed by atoms with E-state index >= 15 is 0 Å². The molecule has 2 N–H and O–H groups in total. The van der Waals surface area contributed by atoms with E-state index in [1.54, 1.807) is 0 Å². The molecule has 8 nitrogen and oxygen atoms in total. The number of unbranched alkanes of at least 4 members (excludes halogenated alkanes) is 48. The van der Waals surface area contributed by atoms with Gasteiger partial charge in [0, 0.05) is 6.42 Å². The Morgan fingerprint density at radius 1 is 0.432 bits per heavy atom. The van der Waals surface area contributed by atoms with Gasteiger partial charge in [-0.15, -0.1) is 0 Å². The lowest BCUT2D eigenvalue weighted by Crippen LogP contribution is -2.46. The van der Waals surface area contributed by atoms with Crippen LogP contribution in [0, 0.1) is 0 Å². The maximum Gasteiger partial charge on any atom is 0.268 e. The number of likely N-dealkylation sites (N-methyl/N-ethyl adjacent to an activating group) is 1. The van der Waals surface area contributed by atoms with Crippen molar-refractivity contribution in [3.8, 4) is 0 Å². The highest BCUT2D eigenvalue weighted by Gasteiger charge is 2.24. The standard InChI is InChI=1S/C72H141N2O6P/c1-6-8-10-12-14-16-18-20-22-24-26-28-30-32-34-36-38-39-41-43-45-47-49-51-53-55-57-59-61-63-65-71(75)70(69-80-81(77,78)79-68-67-74(3,4)5)73-72(76)66-64-62-60-58-56-54-52-50-48-46-44-42-40-37-35-33-31-29-27-25-23-21-19-17-15-13-11-9-7-2/h19,21,25,27,31,33,70-71,75H,6-18,20,22-24,26,28-30,32,34-69H2,1-5H3,(H-,73,76,77,78)/b21-19-,27-25-,33-31-. The van der Waals surface area contributed by atoms with Crippen molar-refractivity contribution < 1.29 is 32.9 Å². The highest BCUT2D eigenvalue weighted by atomic mass is 31.2. The molecule has 0 saturated heterocycles. The number of phosphoric ester groups is 1. The molecule has 0 fully saturated rings. The Labute approximate surface area is 506 Å². The van der Waals surface area contributed by atoms with Gasteiger partial charge < -0.3 is 28.8 Å². The summed E-state index contributed by atoms with van der Waals surface area (Å²) in [6, 6.07) is -0.803. The lowest BCUT2D eigenvalue weighted by atomic mass is 10.0. The molecule has 0 radical (unpaired) electrons. The Morgan fingerprint density at radius 2 is 0.716 bits per heavy atom. The molecule has 0 aliphatic carbocycles. The number of aliphatic hydroxyl groups excluding tert-OH is 1. The third-order valence-electron chi connectivity index (χ3n) is 16.6. The largest absolute Gasteiger partial charge is 0.756 e. The summed E-state index contributed by atoms with van der Waals surface area (Å²) in [5.74, 6) is -0.159. The zero-order valence-corrected chi connectivity index (χ0v) is 55.9. The lowest BCUT2D eigenvalue weighted by molar-refractivity contribution is -0.870. The van der Waals surface area contributed by atoms with E-state index in [2.05, 4.69) is 55.6 Å². The lowest BCUT2D eigenvalue weighted by Gasteiger charge is -2.30. The SMILES string of the molecule is CCCCCCC/C=C\C/C=C\C/C=C\CCCCCCCCCCCCCCCCC(=O)NC(COP(=O)([O-])OCC[N+](C)(C)C)C(O)CCCCCCCCCCCCCCCCCCCCCCCCCCCCCCCC. The number of allylic oxidation sites excluding steroid dienone is 6. The number of nitrogens with one attached hydrogen (secondary N) is 1. The van der Waals surface area contributed by atoms with Gasteiger partial charge in [0.15, 0.2) is 0 Å². The van der Waals surface area contributed by atoms with Gasteiger partial charge in [-0.25, -0.2) is 0 Å². The van der Waals surface area contributed by atoms with Gasteiger partial charge in [0.05, 0.1) is 39.9 Å². The van der Waals surface area contributed by atoms with E-state index in [9.17, 15) is 19.4 Å². The minimum absolute atomic E-state index is 0.0133. The number of rotatable bonds is 67. The fourth-order valence-electron chi connectivity index (χ4n) is 11.1. The number of phosphoric acid groups is 1. The molecular formula is C72H141N2O6P. The number of nitrogens with zero attached hydrogens (tertiary/aromatic N) is 1. The minimum Gasteiger partial charge on any atom is -0.756 e. The first-order valence-corrected chi connectivity index (χ1v) is 37.3. The topological polar surface area (TPSA) is 108 Å². The Morgan fingerprint density at radius 3 is 1.04 bits per heavy atom. The van der Waals surface area contributed by atoms with Crippen LogP contribution >= 0.6 is 7.82 Å². The third-order valence-corrected chi connectivity index (χ3v) is 17.6. The predicted octanol–water partition coefficient (Wildman–Crippen LogP) is 22.2. The molecule has 1 amide bonds. The zero-order chi connectivity index (χ0) is 59.1. The van der Waals surface area contributed by atoms with Crippen molar-refractivity contribution in [1.29, 1.82) is 0 Å². The molecule has 0 saturated carbocycles. The summed E-state index contributed by atoms with van der Waals surface area (Å²) in [5, 5.41) is 14.1. The molecule has 9 heteroatoms. The van der Waals surface area contributed by atoms with Gasteiger partial charge in [0.2, 0.25) is 5.91 Å². The summed E-state index contributed by atoms with van der Waals surface area (Å²) >= 11 is 0. The fraction of sp³-hybridized carbons (Fsp3) is 0.903. The molecular weight excluding hydrogens is 1020 g/mol. The van der Waals surface area contributed by atoms with Crippen molar-refractivity contribution in [3.05, 3.63) is 36.5 Å². The molecule has 0 aromatic carbocycles. The van der Waals surface area contributed by atoms with Crippen LogP contribution in [0.1, 0.15) is 367 Å². The number of quaternary nitrogens is 1. The quantitative estimate of drug-likeness (QED) is 0.0272. The smallest absolute Gasteiger partial charge is 0.268 e. The van der Waals surface area contributed by atoms with E-state index in [1.807, 2.05) is 21.1 Å². The molecule has 3 atom stereocenters. The van der Waals surface area contributed by atoms with E-state index in [4.69, 9.17) is 9.05 Å². The third kappa shape index (κ3) is 66.1. The van der Waals surface area contributed by atoms with Crippen molar-refractivity contribution >= 4 is 13.7 Å². The summed E-state index contributed by atoms with van der Waals surface area (Å²) in [6.07, 6.45) is 83.7. The number of carbonyl (C=O) groups is 1. The minimum atomic E-state index is -4.58. The molecule has 0 bridgehead atoms. The fourth-order valence-corrected chi connectivity index (χ4v) is 11.8. The number of hydrogen-bond acceptors (Lipinski definition) is 6. The summed E-state index contributed by atoms with van der Waals surface area (Å²) in [5.41, 5.74) is 0. The van der Waals surface area contributed by atoms with Crippen LogP contribution < -0.4 is 10.2 Å². The highest BCUT2D eigenvalue weighted by Crippen LogP contribution is 2.38. The van der Waals surface area contributed by atoms with Crippen LogP contribution in [0.25, 0.3) is 0 Å². The normalized spacial score (nSPS) is 13.8. The van der Waals surface area contributed by atoms with E-state index in [0.717, 1.165) is 51.4 Å². The summed E-state index contributed by atoms with van der Waals surface area (Å²) < 4.78 is 23.6. The van der Waals surface area contributed by atoms with Gasteiger partial charge in [-0.3, -0.25) is 9.36 Å². The van der Waals surface area contributed by atoms with Crippen LogP contribution in [0.4, 0.5) is 0 Å². The van der Waals surface area contributed by atoms with E-state index < -0.39 is 20.0 Å². The first-order valence-electron chi connectivity index (χ1n) is 35.8. The van der Waals surface area contributed by atoms with Crippen LogP contribution in [-0.4, -0.2) is 68.5 Å². The molecule has 0 aromatic rings. The molecule has 0 rings (SSSR count). The number of hydrogen-bond donors (Lipinski definition) is 2. The molecule has 0 aliphatic heterocycles. The van der Waals surface area contributed by atoms with Crippen LogP contribution in [0.15, 0.2) is 36.5 Å². The van der Waals surface area contributed by atoms with Crippen LogP contribution in [0.2, 0.25) is 0 Å². The Balaban J connectivity index is 4.01. The second kappa shape index (κ2) is 63.2. The molecule has 3 unspecified atom stereocenters. The van der Waals surface area contributed by atoms with Gasteiger partial charge in [-0.2, -0.15) is 0 Å². The summed E-state index contributed by atoms with van der Waals surface area (Å²) in [7, 11) is 1.32. The molecule has 0 aliphatic rings. The van der Waals surface area contributed by atoms with Gasteiger partial charge >= 0.3 is 0 Å². The zero-order valence-electron chi connectivity index (χ0n) is 55.0. The Bertz CT molecular complexity index is 1410. The van der Waals surface area contributed by atoms with Gasteiger partial charge in [-0.1, -0.05) is 346 Å². The van der Waals surface area contributed by atoms with Crippen molar-refractivity contribution in [3.63, 3.8) is 0 Å². The van der Waals surface area contributed by atoms with Crippen LogP contribution in [0.3, 0.4) is 0 Å². The van der Waals surface area contributed by atoms with Crippen molar-refractivity contribution in [2.75, 3.05) is 40.9 Å². The number of aliphatic hydroxyl groups is 1. The Kier molecular flexibility index (Phi) is 62.2. The Hall–Kier alpha value is -1.28. The monoisotopic (exact) mass is 1160 g/mol. The molecule has 0 aromatic heterocycles. The average Bonchev–Trinajstić information content (AvgIpc) is 3.43. The van der Waals surface area contributed by atoms with Gasteiger partial charge in [-0.05, 0) is 51.4 Å². The number of carbonyl (C=O) groups excluding carboxylic acids is 1. The first kappa shape index (κ1) is 79.7. The van der Waals surface area contributed by atoms with E-state index in [1.165, 1.54) is 289 Å². The molecule has 0 spiro atoms. The van der Waals surface area contributed by atoms with E-state index in [-0.39, 0.29) is 19.1 Å². The van der Waals surface area contributed by atoms with Crippen molar-refractivity contribution in [1.82, 2.24) is 5.32 Å². The predicted molar refractivity (Wildman–Crippen MR) is 353 cm³/mol. The second-order valence-electron chi connectivity index (χ2n) is 26.0. The van der Waals surface area contributed by atoms with Gasteiger partial charge in [0.1, 0.15) is 13.2 Å². The number of amides is 1. The maximum atomic E-state index is 13.1. The van der Waals surface area contributed by atoms with Crippen LogP contribution in [0.5, 0.6) is 0 Å². The maximum absolute atomic E-state index is 13.1. The van der Waals surface area contributed by atoms with Crippen LogP contribution in [-0.2, 0) is 18.4 Å². The summed E-state index contributed by atoms with van der Waals surface area (Å²) in [4.78, 5) is 25.7. The van der Waals surface area contributed by atoms with Crippen molar-refractivity contribution in [2.24, 2.45) is 0 Å². The van der Waals surface area contributed by atoms with E-state index in [0.29, 0.717) is 23.9 Å².